The number of aromatic nitrogens is 1. The fourth-order valence-electron chi connectivity index (χ4n) is 1.76. The van der Waals surface area contributed by atoms with Crippen LogP contribution in [0.15, 0.2) is 24.3 Å². The fraction of sp³-hybridized carbons (Fsp3) is 0.286. The first-order valence-corrected chi connectivity index (χ1v) is 9.15. The number of para-hydroxylation sites is 1. The van der Waals surface area contributed by atoms with Crippen molar-refractivity contribution in [3.63, 3.8) is 0 Å². The van der Waals surface area contributed by atoms with Crippen LogP contribution in [0.5, 0.6) is 0 Å². The van der Waals surface area contributed by atoms with E-state index in [2.05, 4.69) is 10.3 Å². The van der Waals surface area contributed by atoms with Gasteiger partial charge in [-0.05, 0) is 25.5 Å². The zero-order valence-electron chi connectivity index (χ0n) is 12.7. The lowest BCUT2D eigenvalue weighted by Gasteiger charge is -2.11. The summed E-state index contributed by atoms with van der Waals surface area (Å²) in [5.74, 6) is -0.294. The van der Waals surface area contributed by atoms with Gasteiger partial charge in [-0.1, -0.05) is 29.5 Å². The largest absolute Gasteiger partial charge is 0.321 e. The van der Waals surface area contributed by atoms with Gasteiger partial charge in [-0.15, -0.1) is 0 Å². The smallest absolute Gasteiger partial charge is 0.267 e. The van der Waals surface area contributed by atoms with Crippen molar-refractivity contribution >= 4 is 38.1 Å². The number of carbonyl (C=O) groups excluding carboxylic acids is 1. The number of thiazole rings is 1. The van der Waals surface area contributed by atoms with E-state index in [4.69, 9.17) is 0 Å². The zero-order valence-corrected chi connectivity index (χ0v) is 14.4. The summed E-state index contributed by atoms with van der Waals surface area (Å²) >= 11 is 1.05. The van der Waals surface area contributed by atoms with Crippen molar-refractivity contribution < 1.29 is 13.2 Å². The topological polar surface area (TPSA) is 79.4 Å². The minimum Gasteiger partial charge on any atom is -0.321 e. The molecule has 0 atom stereocenters. The number of nitrogens with zero attached hydrogens (tertiary/aromatic N) is 2. The van der Waals surface area contributed by atoms with E-state index < -0.39 is 10.0 Å². The van der Waals surface area contributed by atoms with Gasteiger partial charge < -0.3 is 5.32 Å². The third-order valence-corrected chi connectivity index (χ3v) is 5.67. The summed E-state index contributed by atoms with van der Waals surface area (Å²) in [7, 11) is -1.99. The molecule has 0 aliphatic carbocycles. The van der Waals surface area contributed by atoms with Gasteiger partial charge in [0, 0.05) is 12.7 Å². The number of hydrogen-bond acceptors (Lipinski definition) is 5. The van der Waals surface area contributed by atoms with Gasteiger partial charge in [0.2, 0.25) is 10.0 Å². The van der Waals surface area contributed by atoms with E-state index in [1.165, 1.54) is 7.05 Å². The Morgan fingerprint density at radius 2 is 1.91 bits per heavy atom. The number of rotatable bonds is 4. The number of hydrogen-bond donors (Lipinski definition) is 1. The summed E-state index contributed by atoms with van der Waals surface area (Å²) in [6, 6.07) is 7.44. The Kier molecular flexibility index (Phi) is 4.52. The van der Waals surface area contributed by atoms with Crippen LogP contribution in [0.25, 0.3) is 0 Å². The van der Waals surface area contributed by atoms with E-state index in [9.17, 15) is 13.2 Å². The predicted molar refractivity (Wildman–Crippen MR) is 89.2 cm³/mol. The Balaban J connectivity index is 2.28. The van der Waals surface area contributed by atoms with Crippen molar-refractivity contribution in [2.24, 2.45) is 0 Å². The molecule has 8 heteroatoms. The molecule has 0 aliphatic rings. The van der Waals surface area contributed by atoms with Crippen molar-refractivity contribution in [3.05, 3.63) is 40.4 Å². The van der Waals surface area contributed by atoms with E-state index >= 15 is 0 Å². The van der Waals surface area contributed by atoms with Gasteiger partial charge in [-0.25, -0.2) is 17.7 Å². The average molecular weight is 339 g/mol. The second-order valence-corrected chi connectivity index (χ2v) is 7.90. The molecular weight excluding hydrogens is 322 g/mol. The predicted octanol–water partition coefficient (Wildman–Crippen LogP) is 2.41. The zero-order chi connectivity index (χ0) is 16.5. The highest BCUT2D eigenvalue weighted by atomic mass is 32.2. The van der Waals surface area contributed by atoms with Crippen LogP contribution in [0.4, 0.5) is 10.8 Å². The molecule has 0 fully saturated rings. The van der Waals surface area contributed by atoms with Gasteiger partial charge in [0.25, 0.3) is 5.91 Å². The highest BCUT2D eigenvalue weighted by Gasteiger charge is 2.21. The summed E-state index contributed by atoms with van der Waals surface area (Å²) in [6.07, 6.45) is 1.09. The number of aryl methyl sites for hydroxylation is 2. The first kappa shape index (κ1) is 16.4. The Bertz CT molecular complexity index is 812. The van der Waals surface area contributed by atoms with Crippen LogP contribution >= 0.6 is 11.3 Å². The van der Waals surface area contributed by atoms with E-state index in [0.29, 0.717) is 10.6 Å². The SMILES string of the molecule is Cc1ccccc1NC(=O)c1sc(N(C)S(C)(=O)=O)nc1C. The lowest BCUT2D eigenvalue weighted by atomic mass is 10.2. The van der Waals surface area contributed by atoms with Gasteiger partial charge in [0.05, 0.1) is 11.9 Å². The normalized spacial score (nSPS) is 11.3. The van der Waals surface area contributed by atoms with E-state index in [1.807, 2.05) is 31.2 Å². The van der Waals surface area contributed by atoms with Crippen LogP contribution in [0.1, 0.15) is 20.9 Å². The Hall–Kier alpha value is -1.93. The summed E-state index contributed by atoms with van der Waals surface area (Å²) in [6.45, 7) is 3.58. The molecule has 0 saturated carbocycles. The molecule has 1 N–H and O–H groups in total. The molecule has 1 aromatic heterocycles. The highest BCUT2D eigenvalue weighted by molar-refractivity contribution is 7.92. The Morgan fingerprint density at radius 3 is 2.50 bits per heavy atom. The standard InChI is InChI=1S/C14H17N3O3S2/c1-9-7-5-6-8-11(9)16-13(18)12-10(2)15-14(21-12)17(3)22(4,19)20/h5-8H,1-4H3,(H,16,18). The Morgan fingerprint density at radius 1 is 1.27 bits per heavy atom. The van der Waals surface area contributed by atoms with Crippen molar-refractivity contribution in [3.8, 4) is 0 Å². The molecule has 6 nitrogen and oxygen atoms in total. The van der Waals surface area contributed by atoms with Crippen molar-refractivity contribution in [1.82, 2.24) is 4.98 Å². The van der Waals surface area contributed by atoms with Crippen LogP contribution in [-0.2, 0) is 10.0 Å². The van der Waals surface area contributed by atoms with Crippen LogP contribution < -0.4 is 9.62 Å². The van der Waals surface area contributed by atoms with E-state index in [0.717, 1.165) is 33.1 Å². The summed E-state index contributed by atoms with van der Waals surface area (Å²) in [5.41, 5.74) is 2.17. The van der Waals surface area contributed by atoms with Gasteiger partial charge in [0.15, 0.2) is 5.13 Å². The van der Waals surface area contributed by atoms with Gasteiger partial charge in [0.1, 0.15) is 4.88 Å². The third-order valence-electron chi connectivity index (χ3n) is 3.15. The maximum atomic E-state index is 12.4. The number of nitrogens with one attached hydrogen (secondary N) is 1. The van der Waals surface area contributed by atoms with Crippen LogP contribution in [0, 0.1) is 13.8 Å². The number of carbonyl (C=O) groups is 1. The first-order valence-electron chi connectivity index (χ1n) is 6.48. The molecule has 0 unspecified atom stereocenters. The van der Waals surface area contributed by atoms with Gasteiger partial charge in [-0.2, -0.15) is 0 Å². The molecule has 1 aromatic carbocycles. The minimum atomic E-state index is -3.40. The number of amides is 1. The molecule has 0 spiro atoms. The summed E-state index contributed by atoms with van der Waals surface area (Å²) in [4.78, 5) is 16.9. The number of sulfonamides is 1. The lowest BCUT2D eigenvalue weighted by Crippen LogP contribution is -2.24. The molecule has 2 aromatic rings. The minimum absolute atomic E-state index is 0.273. The first-order chi connectivity index (χ1) is 10.2. The van der Waals surface area contributed by atoms with Crippen LogP contribution in [-0.4, -0.2) is 32.6 Å². The van der Waals surface area contributed by atoms with E-state index in [1.54, 1.807) is 6.92 Å². The molecule has 0 aliphatic heterocycles. The highest BCUT2D eigenvalue weighted by Crippen LogP contribution is 2.27. The number of benzene rings is 1. The average Bonchev–Trinajstić information content (AvgIpc) is 2.81. The van der Waals surface area contributed by atoms with Gasteiger partial charge in [-0.3, -0.25) is 4.79 Å². The molecule has 0 radical (unpaired) electrons. The molecule has 0 saturated heterocycles. The van der Waals surface area contributed by atoms with Crippen molar-refractivity contribution in [2.75, 3.05) is 22.9 Å². The summed E-state index contributed by atoms with van der Waals surface area (Å²) in [5, 5.41) is 3.09. The maximum Gasteiger partial charge on any atom is 0.267 e. The number of anilines is 2. The van der Waals surface area contributed by atoms with Crippen molar-refractivity contribution in [2.45, 2.75) is 13.8 Å². The molecule has 118 valence electrons. The third kappa shape index (κ3) is 3.45. The van der Waals surface area contributed by atoms with Crippen LogP contribution in [0.2, 0.25) is 0 Å². The van der Waals surface area contributed by atoms with Crippen molar-refractivity contribution in [1.29, 1.82) is 0 Å². The van der Waals surface area contributed by atoms with Crippen LogP contribution in [0.3, 0.4) is 0 Å². The molecule has 1 amide bonds. The monoisotopic (exact) mass is 339 g/mol. The molecular formula is C14H17N3O3S2. The van der Waals surface area contributed by atoms with E-state index in [-0.39, 0.29) is 11.0 Å². The summed E-state index contributed by atoms with van der Waals surface area (Å²) < 4.78 is 24.2. The quantitative estimate of drug-likeness (QED) is 0.928. The second-order valence-electron chi connectivity index (χ2n) is 4.91. The molecule has 0 bridgehead atoms. The molecule has 22 heavy (non-hydrogen) atoms. The second kappa shape index (κ2) is 6.05. The Labute approximate surface area is 133 Å². The lowest BCUT2D eigenvalue weighted by molar-refractivity contribution is 0.102. The molecule has 1 heterocycles. The maximum absolute atomic E-state index is 12.4. The molecule has 2 rings (SSSR count). The fourth-order valence-corrected chi connectivity index (χ4v) is 3.43. The van der Waals surface area contributed by atoms with Gasteiger partial charge >= 0.3 is 0 Å².